The number of hydrogen-bond donors (Lipinski definition) is 1. The van der Waals surface area contributed by atoms with E-state index >= 15 is 0 Å². The van der Waals surface area contributed by atoms with Crippen molar-refractivity contribution in [1.29, 1.82) is 0 Å². The van der Waals surface area contributed by atoms with Crippen LogP contribution in [-0.2, 0) is 0 Å². The highest BCUT2D eigenvalue weighted by Crippen LogP contribution is 2.23. The zero-order valence-corrected chi connectivity index (χ0v) is 9.09. The molecule has 14 heavy (non-hydrogen) atoms. The van der Waals surface area contributed by atoms with Crippen molar-refractivity contribution in [1.82, 2.24) is 5.32 Å². The van der Waals surface area contributed by atoms with Crippen molar-refractivity contribution in [3.05, 3.63) is 29.3 Å². The monoisotopic (exact) mass is 210 g/mol. The molecule has 0 aromatic heterocycles. The Morgan fingerprint density at radius 3 is 3.00 bits per heavy atom. The van der Waals surface area contributed by atoms with Crippen LogP contribution in [0.3, 0.4) is 0 Å². The second-order valence-corrected chi connectivity index (χ2v) is 4.14. The van der Waals surface area contributed by atoms with Gasteiger partial charge in [-0.25, -0.2) is 0 Å². The predicted molar refractivity (Wildman–Crippen MR) is 61.1 cm³/mol. The number of benzene rings is 1. The molecule has 1 aliphatic rings. The topological polar surface area (TPSA) is 15.3 Å². The summed E-state index contributed by atoms with van der Waals surface area (Å²) in [5.74, 6) is 0. The van der Waals surface area contributed by atoms with Crippen molar-refractivity contribution in [2.75, 3.05) is 25.0 Å². The van der Waals surface area contributed by atoms with Crippen LogP contribution in [0.25, 0.3) is 0 Å². The summed E-state index contributed by atoms with van der Waals surface area (Å²) >= 11 is 5.95. The molecule has 1 saturated heterocycles. The maximum atomic E-state index is 5.95. The van der Waals surface area contributed by atoms with Gasteiger partial charge < -0.3 is 10.2 Å². The minimum Gasteiger partial charge on any atom is -0.370 e. The number of likely N-dealkylation sites (N-methyl/N-ethyl adjacent to an activating group) is 1. The summed E-state index contributed by atoms with van der Waals surface area (Å²) in [6, 6.07) is 8.68. The van der Waals surface area contributed by atoms with Crippen molar-refractivity contribution in [2.24, 2.45) is 0 Å². The van der Waals surface area contributed by atoms with E-state index in [0.717, 1.165) is 18.1 Å². The smallest absolute Gasteiger partial charge is 0.0426 e. The Bertz CT molecular complexity index is 314. The minimum absolute atomic E-state index is 0.619. The number of nitrogens with one attached hydrogen (secondary N) is 1. The van der Waals surface area contributed by atoms with Crippen molar-refractivity contribution < 1.29 is 0 Å². The van der Waals surface area contributed by atoms with Crippen LogP contribution in [0.5, 0.6) is 0 Å². The summed E-state index contributed by atoms with van der Waals surface area (Å²) in [7, 11) is 2.02. The molecule has 0 radical (unpaired) electrons. The van der Waals surface area contributed by atoms with E-state index in [2.05, 4.69) is 16.3 Å². The average molecular weight is 211 g/mol. The molecule has 1 atom stereocenters. The first-order valence-electron chi connectivity index (χ1n) is 4.97. The molecule has 1 N–H and O–H groups in total. The fourth-order valence-electron chi connectivity index (χ4n) is 1.90. The van der Waals surface area contributed by atoms with Crippen LogP contribution in [0.2, 0.25) is 5.02 Å². The molecule has 2 nitrogen and oxygen atoms in total. The van der Waals surface area contributed by atoms with Crippen molar-refractivity contribution in [3.8, 4) is 0 Å². The van der Waals surface area contributed by atoms with Gasteiger partial charge in [-0.3, -0.25) is 0 Å². The molecule has 0 amide bonds. The first-order chi connectivity index (χ1) is 6.79. The molecule has 0 spiro atoms. The molecule has 0 aliphatic carbocycles. The first kappa shape index (κ1) is 9.81. The van der Waals surface area contributed by atoms with Gasteiger partial charge in [0.05, 0.1) is 0 Å². The minimum atomic E-state index is 0.619. The summed E-state index contributed by atoms with van der Waals surface area (Å²) in [5, 5.41) is 4.12. The fourth-order valence-corrected chi connectivity index (χ4v) is 2.09. The lowest BCUT2D eigenvalue weighted by molar-refractivity contribution is 0.617. The Kier molecular flexibility index (Phi) is 2.94. The van der Waals surface area contributed by atoms with Crippen LogP contribution >= 0.6 is 11.6 Å². The van der Waals surface area contributed by atoms with E-state index in [1.807, 2.05) is 25.2 Å². The zero-order chi connectivity index (χ0) is 9.97. The summed E-state index contributed by atoms with van der Waals surface area (Å²) in [6.07, 6.45) is 1.21. The van der Waals surface area contributed by atoms with Crippen molar-refractivity contribution in [3.63, 3.8) is 0 Å². The van der Waals surface area contributed by atoms with Crippen molar-refractivity contribution >= 4 is 17.3 Å². The third-order valence-electron chi connectivity index (χ3n) is 2.77. The second-order valence-electron chi connectivity index (χ2n) is 3.70. The molecule has 0 bridgehead atoms. The van der Waals surface area contributed by atoms with Gasteiger partial charge in [-0.2, -0.15) is 0 Å². The SMILES string of the molecule is CN[C@H]1CCN(c2cccc(Cl)c2)C1. The van der Waals surface area contributed by atoms with Crippen LogP contribution in [0, 0.1) is 0 Å². The molecule has 1 aromatic rings. The Balaban J connectivity index is 2.09. The molecule has 1 aliphatic heterocycles. The Morgan fingerprint density at radius 2 is 2.36 bits per heavy atom. The second kappa shape index (κ2) is 4.20. The standard InChI is InChI=1S/C11H15ClN2/c1-13-10-5-6-14(8-10)11-4-2-3-9(12)7-11/h2-4,7,10,13H,5-6,8H2,1H3/t10-/m0/s1. The van der Waals surface area contributed by atoms with Gasteiger partial charge in [0.1, 0.15) is 0 Å². The van der Waals surface area contributed by atoms with Crippen LogP contribution in [0.4, 0.5) is 5.69 Å². The van der Waals surface area contributed by atoms with Gasteiger partial charge in [0.25, 0.3) is 0 Å². The highest BCUT2D eigenvalue weighted by molar-refractivity contribution is 6.30. The number of halogens is 1. The van der Waals surface area contributed by atoms with Crippen molar-refractivity contribution in [2.45, 2.75) is 12.5 Å². The summed E-state index contributed by atoms with van der Waals surface area (Å²) < 4.78 is 0. The van der Waals surface area contributed by atoms with Gasteiger partial charge in [-0.15, -0.1) is 0 Å². The van der Waals surface area contributed by atoms with Crippen LogP contribution in [-0.4, -0.2) is 26.2 Å². The van der Waals surface area contributed by atoms with E-state index in [9.17, 15) is 0 Å². The third-order valence-corrected chi connectivity index (χ3v) is 3.00. The lowest BCUT2D eigenvalue weighted by atomic mass is 10.3. The Labute approximate surface area is 89.9 Å². The first-order valence-corrected chi connectivity index (χ1v) is 5.35. The van der Waals surface area contributed by atoms with Crippen LogP contribution < -0.4 is 10.2 Å². The highest BCUT2D eigenvalue weighted by Gasteiger charge is 2.20. The third kappa shape index (κ3) is 2.02. The van der Waals surface area contributed by atoms with E-state index in [1.54, 1.807) is 0 Å². The molecule has 1 aromatic carbocycles. The molecule has 1 fully saturated rings. The highest BCUT2D eigenvalue weighted by atomic mass is 35.5. The largest absolute Gasteiger partial charge is 0.370 e. The van der Waals surface area contributed by atoms with Gasteiger partial charge in [-0.1, -0.05) is 17.7 Å². The molecule has 0 unspecified atom stereocenters. The number of hydrogen-bond acceptors (Lipinski definition) is 2. The van der Waals surface area contributed by atoms with Gasteiger partial charge >= 0.3 is 0 Å². The van der Waals surface area contributed by atoms with Gasteiger partial charge in [0, 0.05) is 29.8 Å². The molecule has 2 rings (SSSR count). The molecule has 3 heteroatoms. The Hall–Kier alpha value is -0.730. The van der Waals surface area contributed by atoms with Gasteiger partial charge in [0.2, 0.25) is 0 Å². The normalized spacial score (nSPS) is 21.6. The Morgan fingerprint density at radius 1 is 1.50 bits per heavy atom. The average Bonchev–Trinajstić information content (AvgIpc) is 2.66. The quantitative estimate of drug-likeness (QED) is 0.805. The van der Waals surface area contributed by atoms with Crippen LogP contribution in [0.1, 0.15) is 6.42 Å². The van der Waals surface area contributed by atoms with Crippen LogP contribution in [0.15, 0.2) is 24.3 Å². The molecule has 0 saturated carbocycles. The maximum absolute atomic E-state index is 5.95. The van der Waals surface area contributed by atoms with E-state index in [-0.39, 0.29) is 0 Å². The van der Waals surface area contributed by atoms with E-state index in [1.165, 1.54) is 12.1 Å². The zero-order valence-electron chi connectivity index (χ0n) is 8.33. The van der Waals surface area contributed by atoms with E-state index in [4.69, 9.17) is 11.6 Å². The number of anilines is 1. The number of nitrogens with zero attached hydrogens (tertiary/aromatic N) is 1. The maximum Gasteiger partial charge on any atom is 0.0426 e. The fraction of sp³-hybridized carbons (Fsp3) is 0.455. The van der Waals surface area contributed by atoms with E-state index in [0.29, 0.717) is 6.04 Å². The summed E-state index contributed by atoms with van der Waals surface area (Å²) in [6.45, 7) is 2.20. The summed E-state index contributed by atoms with van der Waals surface area (Å²) in [5.41, 5.74) is 1.23. The molecule has 1 heterocycles. The number of rotatable bonds is 2. The predicted octanol–water partition coefficient (Wildman–Crippen LogP) is 2.14. The van der Waals surface area contributed by atoms with E-state index < -0.39 is 0 Å². The molecule has 76 valence electrons. The van der Waals surface area contributed by atoms with Gasteiger partial charge in [0.15, 0.2) is 0 Å². The molecular weight excluding hydrogens is 196 g/mol. The summed E-state index contributed by atoms with van der Waals surface area (Å²) in [4.78, 5) is 2.37. The van der Waals surface area contributed by atoms with Gasteiger partial charge in [-0.05, 0) is 31.7 Å². The lowest BCUT2D eigenvalue weighted by Crippen LogP contribution is -2.29. The lowest BCUT2D eigenvalue weighted by Gasteiger charge is -2.18. The molecular formula is C11H15ClN2.